The Balaban J connectivity index is 2.29. The first-order valence-corrected chi connectivity index (χ1v) is 4.12. The molecule has 12 heavy (non-hydrogen) atoms. The molecule has 1 rings (SSSR count). The number of carbonyl (C=O) groups excluding carboxylic acids is 1. The van der Waals surface area contributed by atoms with E-state index in [1.165, 1.54) is 26.4 Å². The lowest BCUT2D eigenvalue weighted by Gasteiger charge is -2.24. The Morgan fingerprint density at radius 2 is 2.25 bits per heavy atom. The van der Waals surface area contributed by atoms with E-state index in [9.17, 15) is 4.79 Å². The third-order valence-corrected chi connectivity index (χ3v) is 2.20. The molecule has 4 nitrogen and oxygen atoms in total. The Bertz CT molecular complexity index is 197. The lowest BCUT2D eigenvalue weighted by Crippen LogP contribution is -2.24. The van der Waals surface area contributed by atoms with Crippen LogP contribution in [-0.4, -0.2) is 18.9 Å². The molecular weight excluding hydrogens is 156 g/mol. The fourth-order valence-electron chi connectivity index (χ4n) is 1.10. The third-order valence-electron chi connectivity index (χ3n) is 2.20. The Morgan fingerprint density at radius 3 is 2.67 bits per heavy atom. The maximum absolute atomic E-state index is 10.6. The van der Waals surface area contributed by atoms with Gasteiger partial charge >= 0.3 is 6.09 Å². The smallest absolute Gasteiger partial charge is 0.427 e. The summed E-state index contributed by atoms with van der Waals surface area (Å²) in [5.41, 5.74) is 3.30. The molecule has 1 amide bonds. The molecule has 0 bridgehead atoms. The van der Waals surface area contributed by atoms with E-state index < -0.39 is 6.09 Å². The van der Waals surface area contributed by atoms with E-state index in [1.807, 2.05) is 6.92 Å². The minimum atomic E-state index is -0.506. The number of hydrogen-bond donors (Lipinski definition) is 1. The molecular formula is C8H14N2O2. The van der Waals surface area contributed by atoms with E-state index in [4.69, 9.17) is 0 Å². The lowest BCUT2D eigenvalue weighted by molar-refractivity contribution is 0.171. The first-order chi connectivity index (χ1) is 5.74. The summed E-state index contributed by atoms with van der Waals surface area (Å²) in [6.45, 7) is 1.93. The summed E-state index contributed by atoms with van der Waals surface area (Å²) in [5, 5.41) is 3.91. The average molecular weight is 170 g/mol. The van der Waals surface area contributed by atoms with Gasteiger partial charge in [-0.3, -0.25) is 0 Å². The first kappa shape index (κ1) is 9.03. The molecule has 0 aromatic heterocycles. The number of amides is 1. The predicted molar refractivity (Wildman–Crippen MR) is 46.0 cm³/mol. The second-order valence-electron chi connectivity index (χ2n) is 2.98. The molecule has 1 saturated carbocycles. The van der Waals surface area contributed by atoms with Gasteiger partial charge in [-0.25, -0.2) is 10.2 Å². The second kappa shape index (κ2) is 4.09. The van der Waals surface area contributed by atoms with Crippen LogP contribution in [0.2, 0.25) is 0 Å². The molecule has 0 heterocycles. The maximum atomic E-state index is 10.6. The van der Waals surface area contributed by atoms with Crippen LogP contribution < -0.4 is 5.43 Å². The second-order valence-corrected chi connectivity index (χ2v) is 2.98. The zero-order valence-electron chi connectivity index (χ0n) is 7.46. The minimum Gasteiger partial charge on any atom is -0.452 e. The van der Waals surface area contributed by atoms with Crippen LogP contribution in [0.3, 0.4) is 0 Å². The summed E-state index contributed by atoms with van der Waals surface area (Å²) >= 11 is 0. The highest BCUT2D eigenvalue weighted by Gasteiger charge is 2.20. The van der Waals surface area contributed by atoms with Gasteiger partial charge in [-0.2, -0.15) is 5.10 Å². The summed E-state index contributed by atoms with van der Waals surface area (Å²) in [6.07, 6.45) is 3.15. The van der Waals surface area contributed by atoms with E-state index in [-0.39, 0.29) is 0 Å². The van der Waals surface area contributed by atoms with Gasteiger partial charge in [-0.15, -0.1) is 0 Å². The number of carbonyl (C=O) groups is 1. The van der Waals surface area contributed by atoms with Crippen LogP contribution in [0, 0.1) is 5.92 Å². The zero-order valence-corrected chi connectivity index (χ0v) is 7.46. The molecule has 0 spiro atoms. The van der Waals surface area contributed by atoms with Crippen molar-refractivity contribution in [3.05, 3.63) is 0 Å². The van der Waals surface area contributed by atoms with Crippen molar-refractivity contribution < 1.29 is 9.53 Å². The molecule has 1 fully saturated rings. The number of rotatable bonds is 2. The van der Waals surface area contributed by atoms with Crippen molar-refractivity contribution >= 4 is 11.8 Å². The molecule has 68 valence electrons. The quantitative estimate of drug-likeness (QED) is 0.504. The molecule has 0 aromatic rings. The number of methoxy groups -OCH3 is 1. The zero-order chi connectivity index (χ0) is 8.97. The van der Waals surface area contributed by atoms with Gasteiger partial charge in [0.15, 0.2) is 0 Å². The van der Waals surface area contributed by atoms with Crippen molar-refractivity contribution in [2.45, 2.75) is 26.2 Å². The highest BCUT2D eigenvalue weighted by molar-refractivity contribution is 5.85. The van der Waals surface area contributed by atoms with E-state index in [1.54, 1.807) is 0 Å². The van der Waals surface area contributed by atoms with Crippen molar-refractivity contribution in [3.63, 3.8) is 0 Å². The predicted octanol–water partition coefficient (Wildman–Crippen LogP) is 1.52. The molecule has 0 unspecified atom stereocenters. The summed E-state index contributed by atoms with van der Waals surface area (Å²) in [7, 11) is 1.32. The van der Waals surface area contributed by atoms with Gasteiger partial charge in [0.25, 0.3) is 0 Å². The molecule has 1 N–H and O–H groups in total. The van der Waals surface area contributed by atoms with E-state index in [2.05, 4.69) is 15.3 Å². The third kappa shape index (κ3) is 2.22. The topological polar surface area (TPSA) is 50.7 Å². The van der Waals surface area contributed by atoms with Crippen molar-refractivity contribution in [1.29, 1.82) is 0 Å². The van der Waals surface area contributed by atoms with Crippen LogP contribution in [0.1, 0.15) is 26.2 Å². The minimum absolute atomic E-state index is 0.506. The van der Waals surface area contributed by atoms with E-state index in [0.29, 0.717) is 5.92 Å². The summed E-state index contributed by atoms with van der Waals surface area (Å²) in [4.78, 5) is 10.6. The molecule has 0 radical (unpaired) electrons. The number of hydrogen-bond acceptors (Lipinski definition) is 3. The largest absolute Gasteiger partial charge is 0.452 e. The SMILES string of the molecule is COC(=O)N/N=C(\C)C1CCC1. The number of hydrazone groups is 1. The van der Waals surface area contributed by atoms with Gasteiger partial charge < -0.3 is 4.74 Å². The summed E-state index contributed by atoms with van der Waals surface area (Å²) in [5.74, 6) is 0.571. The van der Waals surface area contributed by atoms with Crippen molar-refractivity contribution in [1.82, 2.24) is 5.43 Å². The van der Waals surface area contributed by atoms with Gasteiger partial charge in [-0.1, -0.05) is 6.42 Å². The van der Waals surface area contributed by atoms with Crippen LogP contribution in [-0.2, 0) is 4.74 Å². The normalized spacial score (nSPS) is 18.3. The molecule has 4 heteroatoms. The Kier molecular flexibility index (Phi) is 3.08. The fourth-order valence-corrected chi connectivity index (χ4v) is 1.10. The molecule has 0 aromatic carbocycles. The fraction of sp³-hybridized carbons (Fsp3) is 0.750. The summed E-state index contributed by atoms with van der Waals surface area (Å²) in [6, 6.07) is 0. The average Bonchev–Trinajstić information content (AvgIpc) is 1.97. The van der Waals surface area contributed by atoms with Crippen LogP contribution in [0.15, 0.2) is 5.10 Å². The van der Waals surface area contributed by atoms with Crippen LogP contribution >= 0.6 is 0 Å². The Hall–Kier alpha value is -1.06. The molecule has 0 atom stereocenters. The van der Waals surface area contributed by atoms with E-state index >= 15 is 0 Å². The van der Waals surface area contributed by atoms with Crippen LogP contribution in [0.5, 0.6) is 0 Å². The van der Waals surface area contributed by atoms with Crippen LogP contribution in [0.4, 0.5) is 4.79 Å². The maximum Gasteiger partial charge on any atom is 0.427 e. The van der Waals surface area contributed by atoms with Gasteiger partial charge in [0.05, 0.1) is 7.11 Å². The first-order valence-electron chi connectivity index (χ1n) is 4.12. The molecule has 0 aliphatic heterocycles. The standard InChI is InChI=1S/C8H14N2O2/c1-6(7-4-3-5-7)9-10-8(11)12-2/h7H,3-5H2,1-2H3,(H,10,11)/b9-6+. The van der Waals surface area contributed by atoms with Gasteiger partial charge in [0, 0.05) is 5.71 Å². The molecule has 1 aliphatic carbocycles. The highest BCUT2D eigenvalue weighted by Crippen LogP contribution is 2.27. The van der Waals surface area contributed by atoms with Crippen molar-refractivity contribution in [2.75, 3.05) is 7.11 Å². The van der Waals surface area contributed by atoms with Crippen LogP contribution in [0.25, 0.3) is 0 Å². The Morgan fingerprint density at radius 1 is 1.58 bits per heavy atom. The Labute approximate surface area is 72.0 Å². The number of nitrogens with one attached hydrogen (secondary N) is 1. The number of ether oxygens (including phenoxy) is 1. The van der Waals surface area contributed by atoms with Gasteiger partial charge in [0.2, 0.25) is 0 Å². The molecule has 0 saturated heterocycles. The highest BCUT2D eigenvalue weighted by atomic mass is 16.5. The van der Waals surface area contributed by atoms with Crippen molar-refractivity contribution in [2.24, 2.45) is 11.0 Å². The monoisotopic (exact) mass is 170 g/mol. The number of nitrogens with zero attached hydrogens (tertiary/aromatic N) is 1. The summed E-state index contributed by atoms with van der Waals surface area (Å²) < 4.78 is 4.37. The van der Waals surface area contributed by atoms with Gasteiger partial charge in [-0.05, 0) is 25.7 Å². The van der Waals surface area contributed by atoms with Crippen molar-refractivity contribution in [3.8, 4) is 0 Å². The van der Waals surface area contributed by atoms with Gasteiger partial charge in [0.1, 0.15) is 0 Å². The molecule has 1 aliphatic rings. The lowest BCUT2D eigenvalue weighted by atomic mass is 9.82. The van der Waals surface area contributed by atoms with E-state index in [0.717, 1.165) is 5.71 Å².